The number of aliphatic hydroxyl groups excluding tert-OH is 1. The van der Waals surface area contributed by atoms with Crippen molar-refractivity contribution >= 4 is 23.5 Å². The summed E-state index contributed by atoms with van der Waals surface area (Å²) in [4.78, 5) is 1.31. The van der Waals surface area contributed by atoms with Crippen molar-refractivity contribution in [2.24, 2.45) is 0 Å². The molecule has 0 spiro atoms. The smallest absolute Gasteiger partial charge is 0.191 e. The summed E-state index contributed by atoms with van der Waals surface area (Å²) < 4.78 is 2.02. The first kappa shape index (κ1) is 17.4. The number of nitrogens with zero attached hydrogens (tertiary/aromatic N) is 3. The minimum atomic E-state index is -0.0506. The molecule has 2 aromatic rings. The Morgan fingerprint density at radius 2 is 1.86 bits per heavy atom. The third-order valence-electron chi connectivity index (χ3n) is 3.44. The Hall–Kier alpha value is -0.980. The second kappa shape index (κ2) is 8.60. The van der Waals surface area contributed by atoms with Crippen molar-refractivity contribution in [2.75, 3.05) is 11.5 Å². The molecule has 0 aliphatic rings. The Kier molecular flexibility index (Phi) is 6.79. The van der Waals surface area contributed by atoms with Gasteiger partial charge in [0.15, 0.2) is 11.0 Å². The highest BCUT2D eigenvalue weighted by molar-refractivity contribution is 8.02. The summed E-state index contributed by atoms with van der Waals surface area (Å²) in [6.07, 6.45) is 1.01. The monoisotopic (exact) mass is 337 g/mol. The highest BCUT2D eigenvalue weighted by Gasteiger charge is 2.10. The number of aromatic nitrogens is 3. The van der Waals surface area contributed by atoms with Crippen LogP contribution in [0.1, 0.15) is 30.3 Å². The Labute approximate surface area is 140 Å². The van der Waals surface area contributed by atoms with Crippen molar-refractivity contribution < 1.29 is 5.11 Å². The van der Waals surface area contributed by atoms with E-state index in [0.717, 1.165) is 29.6 Å². The molecule has 0 atom stereocenters. The molecule has 4 nitrogen and oxygen atoms in total. The van der Waals surface area contributed by atoms with Crippen LogP contribution in [0.4, 0.5) is 0 Å². The van der Waals surface area contributed by atoms with Gasteiger partial charge in [0, 0.05) is 22.9 Å². The van der Waals surface area contributed by atoms with Crippen LogP contribution >= 0.6 is 23.5 Å². The summed E-state index contributed by atoms with van der Waals surface area (Å²) in [6, 6.07) is 6.60. The van der Waals surface area contributed by atoms with Gasteiger partial charge in [0.05, 0.1) is 0 Å². The minimum absolute atomic E-state index is 0.0506. The molecule has 0 saturated heterocycles. The van der Waals surface area contributed by atoms with E-state index in [-0.39, 0.29) is 6.61 Å². The van der Waals surface area contributed by atoms with Crippen LogP contribution in [0.15, 0.2) is 28.3 Å². The van der Waals surface area contributed by atoms with E-state index in [9.17, 15) is 5.11 Å². The number of hydrogen-bond donors (Lipinski definition) is 1. The summed E-state index contributed by atoms with van der Waals surface area (Å²) in [7, 11) is 0. The molecule has 22 heavy (non-hydrogen) atoms. The summed E-state index contributed by atoms with van der Waals surface area (Å²) in [5.41, 5.74) is 2.68. The number of aliphatic hydroxyl groups is 1. The molecule has 1 N–H and O–H groups in total. The predicted molar refractivity (Wildman–Crippen MR) is 93.6 cm³/mol. The first-order valence-corrected chi connectivity index (χ1v) is 9.48. The van der Waals surface area contributed by atoms with E-state index < -0.39 is 0 Å². The number of rotatable bonds is 8. The quantitative estimate of drug-likeness (QED) is 0.588. The van der Waals surface area contributed by atoms with Crippen molar-refractivity contribution in [3.63, 3.8) is 0 Å². The number of thioether (sulfide) groups is 2. The van der Waals surface area contributed by atoms with Crippen molar-refractivity contribution in [1.82, 2.24) is 14.8 Å². The molecule has 1 aromatic carbocycles. The first-order valence-electron chi connectivity index (χ1n) is 7.51. The van der Waals surface area contributed by atoms with Crippen LogP contribution in [0.3, 0.4) is 0 Å². The van der Waals surface area contributed by atoms with Gasteiger partial charge in [-0.3, -0.25) is 0 Å². The molecule has 0 radical (unpaired) electrons. The summed E-state index contributed by atoms with van der Waals surface area (Å²) >= 11 is 3.57. The molecule has 1 aromatic heterocycles. The third-order valence-corrected chi connectivity index (χ3v) is 5.67. The molecule has 1 heterocycles. The Bertz CT molecular complexity index is 613. The van der Waals surface area contributed by atoms with Crippen LogP contribution in [0, 0.1) is 13.8 Å². The van der Waals surface area contributed by atoms with Gasteiger partial charge in [-0.25, -0.2) is 0 Å². The maximum atomic E-state index is 9.29. The van der Waals surface area contributed by atoms with E-state index in [2.05, 4.69) is 49.2 Å². The largest absolute Gasteiger partial charge is 0.388 e. The average molecular weight is 338 g/mol. The van der Waals surface area contributed by atoms with Crippen LogP contribution < -0.4 is 0 Å². The molecule has 0 amide bonds. The maximum Gasteiger partial charge on any atom is 0.191 e. The Morgan fingerprint density at radius 3 is 2.55 bits per heavy atom. The van der Waals surface area contributed by atoms with Crippen LogP contribution in [-0.2, 0) is 13.2 Å². The topological polar surface area (TPSA) is 50.9 Å². The van der Waals surface area contributed by atoms with Gasteiger partial charge in [-0.05, 0) is 43.5 Å². The highest BCUT2D eigenvalue weighted by atomic mass is 32.2. The molecule has 0 bridgehead atoms. The van der Waals surface area contributed by atoms with Gasteiger partial charge < -0.3 is 9.67 Å². The SMILES string of the molecule is CCCn1c(CO)nnc1SCCSc1ccc(C)c(C)c1. The third kappa shape index (κ3) is 4.51. The lowest BCUT2D eigenvalue weighted by Crippen LogP contribution is -2.05. The van der Waals surface area contributed by atoms with E-state index in [1.165, 1.54) is 16.0 Å². The lowest BCUT2D eigenvalue weighted by molar-refractivity contribution is 0.263. The van der Waals surface area contributed by atoms with E-state index in [0.29, 0.717) is 5.82 Å². The van der Waals surface area contributed by atoms with Crippen LogP contribution in [-0.4, -0.2) is 31.4 Å². The van der Waals surface area contributed by atoms with Crippen molar-refractivity contribution in [1.29, 1.82) is 0 Å². The second-order valence-electron chi connectivity index (χ2n) is 5.15. The van der Waals surface area contributed by atoms with Gasteiger partial charge in [-0.2, -0.15) is 0 Å². The molecule has 0 saturated carbocycles. The molecule has 2 rings (SSSR count). The molecular weight excluding hydrogens is 314 g/mol. The number of benzene rings is 1. The molecule has 0 fully saturated rings. The zero-order valence-corrected chi connectivity index (χ0v) is 15.0. The predicted octanol–water partition coefficient (Wildman–Crippen LogP) is 3.68. The van der Waals surface area contributed by atoms with Gasteiger partial charge in [0.2, 0.25) is 0 Å². The summed E-state index contributed by atoms with van der Waals surface area (Å²) in [6.45, 7) is 7.21. The summed E-state index contributed by atoms with van der Waals surface area (Å²) in [5.74, 6) is 2.66. The van der Waals surface area contributed by atoms with Crippen molar-refractivity contribution in [3.05, 3.63) is 35.2 Å². The molecule has 0 aliphatic heterocycles. The second-order valence-corrected chi connectivity index (χ2v) is 7.38. The minimum Gasteiger partial charge on any atom is -0.388 e. The molecule has 0 unspecified atom stereocenters. The Balaban J connectivity index is 1.86. The van der Waals surface area contributed by atoms with Gasteiger partial charge in [0.1, 0.15) is 6.61 Å². The maximum absolute atomic E-state index is 9.29. The van der Waals surface area contributed by atoms with Crippen LogP contribution in [0.5, 0.6) is 0 Å². The molecule has 6 heteroatoms. The van der Waals surface area contributed by atoms with E-state index in [1.807, 2.05) is 16.3 Å². The molecular formula is C16H23N3OS2. The van der Waals surface area contributed by atoms with E-state index in [4.69, 9.17) is 0 Å². The fraction of sp³-hybridized carbons (Fsp3) is 0.500. The number of aryl methyl sites for hydroxylation is 2. The fourth-order valence-electron chi connectivity index (χ4n) is 2.09. The standard InChI is InChI=1S/C16H23N3OS2/c1-4-7-19-15(11-20)17-18-16(19)22-9-8-21-14-6-5-12(2)13(3)10-14/h5-6,10,20H,4,7-9,11H2,1-3H3. The first-order chi connectivity index (χ1) is 10.7. The molecule has 0 aliphatic carbocycles. The van der Waals surface area contributed by atoms with Crippen molar-refractivity contribution in [3.8, 4) is 0 Å². The van der Waals surface area contributed by atoms with Crippen LogP contribution in [0.25, 0.3) is 0 Å². The highest BCUT2D eigenvalue weighted by Crippen LogP contribution is 2.24. The summed E-state index contributed by atoms with van der Waals surface area (Å²) in [5, 5.41) is 18.4. The zero-order valence-electron chi connectivity index (χ0n) is 13.4. The lowest BCUT2D eigenvalue weighted by atomic mass is 10.1. The Morgan fingerprint density at radius 1 is 1.09 bits per heavy atom. The lowest BCUT2D eigenvalue weighted by Gasteiger charge is -2.07. The zero-order chi connectivity index (χ0) is 15.9. The fourth-order valence-corrected chi connectivity index (χ4v) is 4.05. The normalized spacial score (nSPS) is 11.1. The van der Waals surface area contributed by atoms with E-state index in [1.54, 1.807) is 11.8 Å². The van der Waals surface area contributed by atoms with Crippen LogP contribution in [0.2, 0.25) is 0 Å². The van der Waals surface area contributed by atoms with Gasteiger partial charge in [-0.15, -0.1) is 22.0 Å². The van der Waals surface area contributed by atoms with Gasteiger partial charge >= 0.3 is 0 Å². The average Bonchev–Trinajstić information content (AvgIpc) is 2.90. The number of hydrogen-bond acceptors (Lipinski definition) is 5. The van der Waals surface area contributed by atoms with Gasteiger partial charge in [-0.1, -0.05) is 24.8 Å². The van der Waals surface area contributed by atoms with Crippen molar-refractivity contribution in [2.45, 2.75) is 50.4 Å². The van der Waals surface area contributed by atoms with Gasteiger partial charge in [0.25, 0.3) is 0 Å². The van der Waals surface area contributed by atoms with E-state index >= 15 is 0 Å². The molecule has 120 valence electrons.